The highest BCUT2D eigenvalue weighted by atomic mass is 19.1. The number of ether oxygens (including phenoxy) is 1. The maximum atomic E-state index is 12.9. The quantitative estimate of drug-likeness (QED) is 0.856. The van der Waals surface area contributed by atoms with Crippen molar-refractivity contribution in [2.75, 3.05) is 32.8 Å². The Hall–Kier alpha value is -1.83. The highest BCUT2D eigenvalue weighted by Gasteiger charge is 2.16. The van der Waals surface area contributed by atoms with Gasteiger partial charge < -0.3 is 10.5 Å². The van der Waals surface area contributed by atoms with Gasteiger partial charge >= 0.3 is 0 Å². The molecule has 1 fully saturated rings. The van der Waals surface area contributed by atoms with Crippen molar-refractivity contribution in [3.8, 4) is 0 Å². The molecule has 3 rings (SSSR count). The summed E-state index contributed by atoms with van der Waals surface area (Å²) in [7, 11) is 0. The maximum absolute atomic E-state index is 12.9. The predicted octanol–water partition coefficient (Wildman–Crippen LogP) is 0.867. The van der Waals surface area contributed by atoms with Gasteiger partial charge in [0.05, 0.1) is 19.3 Å². The molecule has 1 aliphatic heterocycles. The molecular formula is C15H20FN5O. The summed E-state index contributed by atoms with van der Waals surface area (Å²) in [4.78, 5) is 6.79. The fourth-order valence-corrected chi connectivity index (χ4v) is 2.47. The zero-order valence-electron chi connectivity index (χ0n) is 12.3. The minimum atomic E-state index is -0.450. The van der Waals surface area contributed by atoms with Crippen LogP contribution in [0.4, 0.5) is 4.39 Å². The van der Waals surface area contributed by atoms with Crippen molar-refractivity contribution in [3.05, 3.63) is 47.3 Å². The molecule has 0 bridgehead atoms. The van der Waals surface area contributed by atoms with E-state index >= 15 is 0 Å². The van der Waals surface area contributed by atoms with Crippen molar-refractivity contribution in [1.82, 2.24) is 20.1 Å². The van der Waals surface area contributed by atoms with Crippen LogP contribution in [0.3, 0.4) is 0 Å². The molecule has 0 radical (unpaired) electrons. The van der Waals surface area contributed by atoms with E-state index in [1.54, 1.807) is 12.1 Å². The van der Waals surface area contributed by atoms with Gasteiger partial charge in [-0.1, -0.05) is 12.1 Å². The van der Waals surface area contributed by atoms with Crippen LogP contribution in [0.1, 0.15) is 23.3 Å². The van der Waals surface area contributed by atoms with Crippen LogP contribution in [-0.4, -0.2) is 52.9 Å². The highest BCUT2D eigenvalue weighted by Crippen LogP contribution is 2.16. The van der Waals surface area contributed by atoms with Crippen LogP contribution in [0.2, 0.25) is 0 Å². The van der Waals surface area contributed by atoms with Gasteiger partial charge in [-0.05, 0) is 17.7 Å². The summed E-state index contributed by atoms with van der Waals surface area (Å²) in [5.74, 6) is 1.07. The summed E-state index contributed by atoms with van der Waals surface area (Å²) in [6.45, 7) is 4.41. The van der Waals surface area contributed by atoms with Gasteiger partial charge in [0.1, 0.15) is 11.6 Å². The summed E-state index contributed by atoms with van der Waals surface area (Å²) in [6.07, 6.45) is 0.795. The number of rotatable bonds is 5. The van der Waals surface area contributed by atoms with Crippen molar-refractivity contribution in [2.24, 2.45) is 5.73 Å². The van der Waals surface area contributed by atoms with Crippen molar-refractivity contribution >= 4 is 0 Å². The molecule has 0 unspecified atom stereocenters. The minimum absolute atomic E-state index is 0.280. The molecule has 1 aliphatic rings. The van der Waals surface area contributed by atoms with E-state index in [4.69, 9.17) is 10.5 Å². The Labute approximate surface area is 128 Å². The molecule has 118 valence electrons. The number of nitrogens with zero attached hydrogens (tertiary/aromatic N) is 3. The molecule has 0 spiro atoms. The van der Waals surface area contributed by atoms with Gasteiger partial charge in [-0.25, -0.2) is 9.37 Å². The van der Waals surface area contributed by atoms with E-state index in [-0.39, 0.29) is 5.82 Å². The SMILES string of the molecule is N[C@@H](c1ccc(F)cc1)c1n[nH]c(CCN2CCOCC2)n1. The van der Waals surface area contributed by atoms with Crippen LogP contribution in [0, 0.1) is 5.82 Å². The van der Waals surface area contributed by atoms with Gasteiger partial charge in [-0.2, -0.15) is 5.10 Å². The second-order valence-electron chi connectivity index (χ2n) is 5.37. The van der Waals surface area contributed by atoms with Gasteiger partial charge in [0.15, 0.2) is 5.82 Å². The smallest absolute Gasteiger partial charge is 0.171 e. The molecule has 1 aromatic carbocycles. The molecule has 0 saturated carbocycles. The van der Waals surface area contributed by atoms with E-state index in [1.807, 2.05) is 0 Å². The number of benzene rings is 1. The molecule has 0 amide bonds. The normalized spacial score (nSPS) is 17.5. The Bertz CT molecular complexity index is 594. The number of hydrogen-bond donors (Lipinski definition) is 2. The van der Waals surface area contributed by atoms with Crippen LogP contribution in [0.15, 0.2) is 24.3 Å². The Morgan fingerprint density at radius 3 is 2.73 bits per heavy atom. The first-order valence-corrected chi connectivity index (χ1v) is 7.45. The van der Waals surface area contributed by atoms with Crippen LogP contribution < -0.4 is 5.73 Å². The molecule has 1 saturated heterocycles. The van der Waals surface area contributed by atoms with Crippen molar-refractivity contribution in [1.29, 1.82) is 0 Å². The largest absolute Gasteiger partial charge is 0.379 e. The van der Waals surface area contributed by atoms with Crippen molar-refractivity contribution in [3.63, 3.8) is 0 Å². The number of morpholine rings is 1. The summed E-state index contributed by atoms with van der Waals surface area (Å²) in [5, 5.41) is 7.11. The Kier molecular flexibility index (Phi) is 4.77. The summed E-state index contributed by atoms with van der Waals surface area (Å²) < 4.78 is 18.3. The zero-order chi connectivity index (χ0) is 15.4. The fourth-order valence-electron chi connectivity index (χ4n) is 2.47. The predicted molar refractivity (Wildman–Crippen MR) is 79.8 cm³/mol. The number of nitrogens with two attached hydrogens (primary N) is 1. The summed E-state index contributed by atoms with van der Waals surface area (Å²) >= 11 is 0. The van der Waals surface area contributed by atoms with Crippen LogP contribution >= 0.6 is 0 Å². The van der Waals surface area contributed by atoms with Crippen LogP contribution in [0.5, 0.6) is 0 Å². The van der Waals surface area contributed by atoms with Gasteiger partial charge in [0.2, 0.25) is 0 Å². The second-order valence-corrected chi connectivity index (χ2v) is 5.37. The average molecular weight is 305 g/mol. The van der Waals surface area contributed by atoms with Crippen LogP contribution in [0.25, 0.3) is 0 Å². The topological polar surface area (TPSA) is 80.1 Å². The number of hydrogen-bond acceptors (Lipinski definition) is 5. The molecule has 3 N–H and O–H groups in total. The molecule has 1 aromatic heterocycles. The number of nitrogens with one attached hydrogen (secondary N) is 1. The molecule has 7 heteroatoms. The first kappa shape index (κ1) is 15.1. The molecule has 2 heterocycles. The molecular weight excluding hydrogens is 285 g/mol. The molecule has 6 nitrogen and oxygen atoms in total. The van der Waals surface area contributed by atoms with Crippen molar-refractivity contribution < 1.29 is 9.13 Å². The van der Waals surface area contributed by atoms with Gasteiger partial charge in [0.25, 0.3) is 0 Å². The van der Waals surface area contributed by atoms with E-state index in [1.165, 1.54) is 12.1 Å². The number of halogens is 1. The van der Waals surface area contributed by atoms with E-state index < -0.39 is 6.04 Å². The number of aromatic nitrogens is 3. The number of aromatic amines is 1. The molecule has 1 atom stereocenters. The van der Waals surface area contributed by atoms with Gasteiger partial charge in [-0.3, -0.25) is 10.00 Å². The molecule has 0 aliphatic carbocycles. The monoisotopic (exact) mass is 305 g/mol. The van der Waals surface area contributed by atoms with E-state index in [2.05, 4.69) is 20.1 Å². The zero-order valence-corrected chi connectivity index (χ0v) is 12.3. The molecule has 2 aromatic rings. The van der Waals surface area contributed by atoms with Crippen molar-refractivity contribution in [2.45, 2.75) is 12.5 Å². The number of H-pyrrole nitrogens is 1. The summed E-state index contributed by atoms with van der Waals surface area (Å²) in [6, 6.07) is 5.64. The minimum Gasteiger partial charge on any atom is -0.379 e. The third-order valence-corrected chi connectivity index (χ3v) is 3.82. The Morgan fingerprint density at radius 1 is 1.27 bits per heavy atom. The lowest BCUT2D eigenvalue weighted by Gasteiger charge is -2.25. The Balaban J connectivity index is 1.59. The highest BCUT2D eigenvalue weighted by molar-refractivity contribution is 5.24. The third-order valence-electron chi connectivity index (χ3n) is 3.82. The van der Waals surface area contributed by atoms with E-state index in [0.29, 0.717) is 5.82 Å². The maximum Gasteiger partial charge on any atom is 0.171 e. The second kappa shape index (κ2) is 6.95. The fraction of sp³-hybridized carbons (Fsp3) is 0.467. The Morgan fingerprint density at radius 2 is 2.00 bits per heavy atom. The standard InChI is InChI=1S/C15H20FN5O/c16-12-3-1-11(2-4-12)14(17)15-18-13(19-20-15)5-6-21-7-9-22-10-8-21/h1-4,14H,5-10,17H2,(H,18,19,20)/t14-/m0/s1. The first-order chi connectivity index (χ1) is 10.7. The van der Waals surface area contributed by atoms with E-state index in [0.717, 1.165) is 50.7 Å². The summed E-state index contributed by atoms with van der Waals surface area (Å²) in [5.41, 5.74) is 6.92. The van der Waals surface area contributed by atoms with Crippen LogP contribution in [-0.2, 0) is 11.2 Å². The first-order valence-electron chi connectivity index (χ1n) is 7.45. The van der Waals surface area contributed by atoms with Gasteiger partial charge in [-0.15, -0.1) is 0 Å². The third kappa shape index (κ3) is 3.68. The lowest BCUT2D eigenvalue weighted by Crippen LogP contribution is -2.37. The average Bonchev–Trinajstić information content (AvgIpc) is 3.03. The molecule has 22 heavy (non-hydrogen) atoms. The lowest BCUT2D eigenvalue weighted by atomic mass is 10.1. The van der Waals surface area contributed by atoms with Gasteiger partial charge in [0, 0.05) is 26.1 Å². The van der Waals surface area contributed by atoms with E-state index in [9.17, 15) is 4.39 Å². The lowest BCUT2D eigenvalue weighted by molar-refractivity contribution is 0.0382.